The normalized spacial score (nSPS) is 24.7. The van der Waals surface area contributed by atoms with Crippen LogP contribution in [0.15, 0.2) is 0 Å². The van der Waals surface area contributed by atoms with Crippen LogP contribution in [-0.2, 0) is 10.0 Å². The van der Waals surface area contributed by atoms with Gasteiger partial charge in [0.05, 0.1) is 5.75 Å². The first kappa shape index (κ1) is 12.9. The van der Waals surface area contributed by atoms with Gasteiger partial charge in [0.2, 0.25) is 10.0 Å². The van der Waals surface area contributed by atoms with Crippen molar-refractivity contribution in [3.8, 4) is 0 Å². The fraction of sp³-hybridized carbons (Fsp3) is 1.00. The van der Waals surface area contributed by atoms with Crippen LogP contribution in [0, 0.1) is 5.92 Å². The van der Waals surface area contributed by atoms with Crippen LogP contribution in [0.4, 0.5) is 0 Å². The van der Waals surface area contributed by atoms with Crippen LogP contribution < -0.4 is 10.0 Å². The van der Waals surface area contributed by atoms with E-state index >= 15 is 0 Å². The highest BCUT2D eigenvalue weighted by atomic mass is 32.2. The molecule has 0 aliphatic carbocycles. The average Bonchev–Trinajstić information content (AvgIpc) is 2.54. The van der Waals surface area contributed by atoms with E-state index in [1.807, 2.05) is 20.8 Å². The number of nitrogens with one attached hydrogen (secondary N) is 2. The number of hydrogen-bond acceptors (Lipinski definition) is 3. The van der Waals surface area contributed by atoms with E-state index in [2.05, 4.69) is 10.0 Å². The van der Waals surface area contributed by atoms with Crippen molar-refractivity contribution in [3.63, 3.8) is 0 Å². The van der Waals surface area contributed by atoms with Crippen LogP contribution in [0.2, 0.25) is 0 Å². The molecule has 1 aliphatic rings. The second-order valence-corrected chi connectivity index (χ2v) is 6.52. The Labute approximate surface area is 92.9 Å². The van der Waals surface area contributed by atoms with E-state index < -0.39 is 10.0 Å². The van der Waals surface area contributed by atoms with E-state index in [1.165, 1.54) is 0 Å². The molecule has 0 spiro atoms. The number of rotatable bonds is 5. The van der Waals surface area contributed by atoms with Gasteiger partial charge in [0.1, 0.15) is 0 Å². The minimum absolute atomic E-state index is 0.0106. The second kappa shape index (κ2) is 5.27. The highest BCUT2D eigenvalue weighted by Gasteiger charge is 2.23. The van der Waals surface area contributed by atoms with Crippen molar-refractivity contribution in [2.24, 2.45) is 5.92 Å². The third-order valence-corrected chi connectivity index (χ3v) is 4.52. The Morgan fingerprint density at radius 3 is 2.53 bits per heavy atom. The fourth-order valence-electron chi connectivity index (χ4n) is 1.63. The summed E-state index contributed by atoms with van der Waals surface area (Å²) in [5.74, 6) is 0.542. The third-order valence-electron chi connectivity index (χ3n) is 2.95. The Hall–Kier alpha value is -0.130. The van der Waals surface area contributed by atoms with Crippen LogP contribution in [-0.4, -0.2) is 32.8 Å². The predicted molar refractivity (Wildman–Crippen MR) is 62.2 cm³/mol. The second-order valence-electron chi connectivity index (χ2n) is 4.73. The largest absolute Gasteiger partial charge is 0.313 e. The van der Waals surface area contributed by atoms with Crippen LogP contribution in [0.5, 0.6) is 0 Å². The zero-order valence-corrected chi connectivity index (χ0v) is 10.6. The van der Waals surface area contributed by atoms with Crippen molar-refractivity contribution >= 4 is 10.0 Å². The predicted octanol–water partition coefficient (Wildman–Crippen LogP) is 0.702. The molecule has 0 saturated carbocycles. The first-order valence-electron chi connectivity index (χ1n) is 5.64. The smallest absolute Gasteiger partial charge is 0.213 e. The molecule has 0 aromatic carbocycles. The minimum atomic E-state index is -3.12. The molecule has 2 unspecified atom stereocenters. The van der Waals surface area contributed by atoms with Crippen LogP contribution >= 0.6 is 0 Å². The highest BCUT2D eigenvalue weighted by molar-refractivity contribution is 7.89. The summed E-state index contributed by atoms with van der Waals surface area (Å²) in [5.41, 5.74) is 0. The van der Waals surface area contributed by atoms with Crippen LogP contribution in [0.3, 0.4) is 0 Å². The van der Waals surface area contributed by atoms with Crippen molar-refractivity contribution in [3.05, 3.63) is 0 Å². The SMILES string of the molecule is CC(C)C(C)NS(=O)(=O)CC1CCCN1. The van der Waals surface area contributed by atoms with Gasteiger partial charge in [0.25, 0.3) is 0 Å². The molecule has 2 atom stereocenters. The van der Waals surface area contributed by atoms with E-state index in [1.54, 1.807) is 0 Å². The molecule has 1 saturated heterocycles. The molecule has 0 bridgehead atoms. The van der Waals surface area contributed by atoms with E-state index in [4.69, 9.17) is 0 Å². The lowest BCUT2D eigenvalue weighted by Crippen LogP contribution is -2.42. The summed E-state index contributed by atoms with van der Waals surface area (Å²) in [7, 11) is -3.12. The van der Waals surface area contributed by atoms with Crippen molar-refractivity contribution in [2.75, 3.05) is 12.3 Å². The van der Waals surface area contributed by atoms with Gasteiger partial charge in [-0.1, -0.05) is 13.8 Å². The van der Waals surface area contributed by atoms with Gasteiger partial charge >= 0.3 is 0 Å². The van der Waals surface area contributed by atoms with E-state index in [-0.39, 0.29) is 17.8 Å². The molecule has 0 radical (unpaired) electrons. The minimum Gasteiger partial charge on any atom is -0.313 e. The molecule has 4 nitrogen and oxygen atoms in total. The van der Waals surface area contributed by atoms with Crippen molar-refractivity contribution in [1.29, 1.82) is 0 Å². The molecule has 2 N–H and O–H groups in total. The Morgan fingerprint density at radius 2 is 2.07 bits per heavy atom. The summed E-state index contributed by atoms with van der Waals surface area (Å²) in [5, 5.41) is 3.20. The summed E-state index contributed by atoms with van der Waals surface area (Å²) in [6, 6.07) is 0.151. The molecule has 5 heteroatoms. The van der Waals surface area contributed by atoms with E-state index in [0.29, 0.717) is 5.92 Å². The molecular formula is C10H22N2O2S. The molecule has 0 amide bonds. The summed E-state index contributed by atoms with van der Waals surface area (Å²) >= 11 is 0. The van der Waals surface area contributed by atoms with Crippen LogP contribution in [0.25, 0.3) is 0 Å². The maximum atomic E-state index is 11.8. The maximum absolute atomic E-state index is 11.8. The van der Waals surface area contributed by atoms with Crippen molar-refractivity contribution in [1.82, 2.24) is 10.0 Å². The first-order valence-corrected chi connectivity index (χ1v) is 7.29. The number of sulfonamides is 1. The molecule has 90 valence electrons. The highest BCUT2D eigenvalue weighted by Crippen LogP contribution is 2.08. The molecule has 0 aromatic rings. The third kappa shape index (κ3) is 4.49. The van der Waals surface area contributed by atoms with E-state index in [0.717, 1.165) is 19.4 Å². The maximum Gasteiger partial charge on any atom is 0.213 e. The van der Waals surface area contributed by atoms with Gasteiger partial charge in [-0.25, -0.2) is 13.1 Å². The lowest BCUT2D eigenvalue weighted by molar-refractivity contribution is 0.473. The Morgan fingerprint density at radius 1 is 1.40 bits per heavy atom. The van der Waals surface area contributed by atoms with Gasteiger partial charge in [-0.05, 0) is 32.2 Å². The Bertz CT molecular complexity index is 272. The van der Waals surface area contributed by atoms with Gasteiger partial charge in [0.15, 0.2) is 0 Å². The summed E-state index contributed by atoms with van der Waals surface area (Å²) in [6.45, 7) is 6.88. The zero-order valence-electron chi connectivity index (χ0n) is 9.79. The lowest BCUT2D eigenvalue weighted by Gasteiger charge is -2.19. The Balaban J connectivity index is 2.44. The summed E-state index contributed by atoms with van der Waals surface area (Å²) in [4.78, 5) is 0. The molecule has 15 heavy (non-hydrogen) atoms. The van der Waals surface area contributed by atoms with Crippen molar-refractivity contribution < 1.29 is 8.42 Å². The van der Waals surface area contributed by atoms with Crippen molar-refractivity contribution in [2.45, 2.75) is 45.7 Å². The quantitative estimate of drug-likeness (QED) is 0.736. The molecule has 0 aromatic heterocycles. The molecule has 1 rings (SSSR count). The molecule has 1 aliphatic heterocycles. The first-order chi connectivity index (χ1) is 6.91. The standard InChI is InChI=1S/C10H22N2O2S/c1-8(2)9(3)12-15(13,14)7-10-5-4-6-11-10/h8-12H,4-7H2,1-3H3. The summed E-state index contributed by atoms with van der Waals surface area (Å²) < 4.78 is 26.2. The fourth-order valence-corrected chi connectivity index (χ4v) is 3.38. The van der Waals surface area contributed by atoms with Gasteiger partial charge < -0.3 is 5.32 Å². The molecular weight excluding hydrogens is 212 g/mol. The average molecular weight is 234 g/mol. The van der Waals surface area contributed by atoms with Gasteiger partial charge in [-0.15, -0.1) is 0 Å². The topological polar surface area (TPSA) is 58.2 Å². The monoisotopic (exact) mass is 234 g/mol. The summed E-state index contributed by atoms with van der Waals surface area (Å²) in [6.07, 6.45) is 2.05. The molecule has 1 heterocycles. The number of hydrogen-bond donors (Lipinski definition) is 2. The van der Waals surface area contributed by atoms with Gasteiger partial charge in [-0.3, -0.25) is 0 Å². The van der Waals surface area contributed by atoms with Gasteiger partial charge in [0, 0.05) is 12.1 Å². The molecule has 1 fully saturated rings. The zero-order chi connectivity index (χ0) is 11.5. The van der Waals surface area contributed by atoms with Gasteiger partial charge in [-0.2, -0.15) is 0 Å². The van der Waals surface area contributed by atoms with E-state index in [9.17, 15) is 8.42 Å². The van der Waals surface area contributed by atoms with Crippen LogP contribution in [0.1, 0.15) is 33.6 Å². The lowest BCUT2D eigenvalue weighted by atomic mass is 10.1. The Kier molecular flexibility index (Phi) is 4.55.